The Kier molecular flexibility index (Phi) is 4.45. The maximum Gasteiger partial charge on any atom is 0.122 e. The number of hydrogen-bond acceptors (Lipinski definition) is 2. The van der Waals surface area contributed by atoms with Gasteiger partial charge in [-0.25, -0.2) is 0 Å². The molecule has 0 amide bonds. The fraction of sp³-hybridized carbons (Fsp3) is 0.294. The zero-order chi connectivity index (χ0) is 13.7. The molecule has 0 spiro atoms. The molecule has 2 heteroatoms. The third-order valence-electron chi connectivity index (χ3n) is 2.97. The van der Waals surface area contributed by atoms with Crippen LogP contribution in [0.25, 0.3) is 0 Å². The molecule has 0 saturated heterocycles. The summed E-state index contributed by atoms with van der Waals surface area (Å²) in [6.45, 7) is 7.38. The quantitative estimate of drug-likeness (QED) is 0.795. The molecule has 2 nitrogen and oxygen atoms in total. The van der Waals surface area contributed by atoms with Crippen LogP contribution >= 0.6 is 0 Å². The molecule has 0 radical (unpaired) electrons. The van der Waals surface area contributed by atoms with E-state index in [1.807, 2.05) is 32.0 Å². The number of benzene rings is 2. The lowest BCUT2D eigenvalue weighted by Gasteiger charge is -2.10. The summed E-state index contributed by atoms with van der Waals surface area (Å²) in [7, 11) is 0. The van der Waals surface area contributed by atoms with Crippen molar-refractivity contribution in [2.24, 2.45) is 0 Å². The van der Waals surface area contributed by atoms with Crippen molar-refractivity contribution in [1.29, 1.82) is 0 Å². The Morgan fingerprint density at radius 2 is 1.63 bits per heavy atom. The van der Waals surface area contributed by atoms with Crippen LogP contribution in [-0.4, -0.2) is 6.61 Å². The lowest BCUT2D eigenvalue weighted by atomic mass is 10.2. The Hall–Kier alpha value is -1.96. The number of ether oxygens (including phenoxy) is 2. The fourth-order valence-corrected chi connectivity index (χ4v) is 1.88. The normalized spacial score (nSPS) is 10.3. The van der Waals surface area contributed by atoms with E-state index in [2.05, 4.69) is 31.2 Å². The van der Waals surface area contributed by atoms with Gasteiger partial charge in [-0.15, -0.1) is 0 Å². The van der Waals surface area contributed by atoms with Crippen molar-refractivity contribution in [3.05, 3.63) is 59.2 Å². The standard InChI is InChI=1S/C17H20O2/c1-4-18-17-10-9-16(11-14(17)3)19-12-15-7-5-13(2)6-8-15/h5-11H,4,12H2,1-3H3. The van der Waals surface area contributed by atoms with Gasteiger partial charge in [-0.3, -0.25) is 0 Å². The van der Waals surface area contributed by atoms with Gasteiger partial charge in [-0.1, -0.05) is 29.8 Å². The van der Waals surface area contributed by atoms with Gasteiger partial charge >= 0.3 is 0 Å². The minimum absolute atomic E-state index is 0.591. The lowest BCUT2D eigenvalue weighted by Crippen LogP contribution is -1.97. The maximum absolute atomic E-state index is 5.79. The third-order valence-corrected chi connectivity index (χ3v) is 2.97. The molecule has 2 aromatic carbocycles. The van der Waals surface area contributed by atoms with Gasteiger partial charge in [0.25, 0.3) is 0 Å². The summed E-state index contributed by atoms with van der Waals surface area (Å²) in [5.41, 5.74) is 3.54. The highest BCUT2D eigenvalue weighted by Gasteiger charge is 2.02. The lowest BCUT2D eigenvalue weighted by molar-refractivity contribution is 0.303. The van der Waals surface area contributed by atoms with Crippen molar-refractivity contribution in [2.45, 2.75) is 27.4 Å². The van der Waals surface area contributed by atoms with Crippen LogP contribution in [0.3, 0.4) is 0 Å². The summed E-state index contributed by atoms with van der Waals surface area (Å²) in [6.07, 6.45) is 0. The van der Waals surface area contributed by atoms with E-state index in [4.69, 9.17) is 9.47 Å². The summed E-state index contributed by atoms with van der Waals surface area (Å²) in [5.74, 6) is 1.80. The van der Waals surface area contributed by atoms with Crippen LogP contribution in [-0.2, 0) is 6.61 Å². The van der Waals surface area contributed by atoms with Crippen LogP contribution in [0.2, 0.25) is 0 Å². The molecule has 0 aliphatic carbocycles. The Morgan fingerprint density at radius 3 is 2.26 bits per heavy atom. The average Bonchev–Trinajstić information content (AvgIpc) is 2.41. The number of rotatable bonds is 5. The van der Waals surface area contributed by atoms with Gasteiger partial charge in [0, 0.05) is 0 Å². The van der Waals surface area contributed by atoms with E-state index in [1.165, 1.54) is 11.1 Å². The molecule has 100 valence electrons. The topological polar surface area (TPSA) is 18.5 Å². The highest BCUT2D eigenvalue weighted by atomic mass is 16.5. The fourth-order valence-electron chi connectivity index (χ4n) is 1.88. The van der Waals surface area contributed by atoms with Gasteiger partial charge in [0.2, 0.25) is 0 Å². The predicted molar refractivity (Wildman–Crippen MR) is 77.9 cm³/mol. The van der Waals surface area contributed by atoms with Crippen molar-refractivity contribution >= 4 is 0 Å². The second kappa shape index (κ2) is 6.28. The maximum atomic E-state index is 5.79. The van der Waals surface area contributed by atoms with E-state index in [9.17, 15) is 0 Å². The number of aryl methyl sites for hydroxylation is 2. The highest BCUT2D eigenvalue weighted by Crippen LogP contribution is 2.24. The van der Waals surface area contributed by atoms with Crippen molar-refractivity contribution in [3.8, 4) is 11.5 Å². The van der Waals surface area contributed by atoms with Gasteiger partial charge in [-0.2, -0.15) is 0 Å². The molecule has 0 atom stereocenters. The predicted octanol–water partition coefficient (Wildman–Crippen LogP) is 4.28. The van der Waals surface area contributed by atoms with Crippen LogP contribution in [0, 0.1) is 13.8 Å². The van der Waals surface area contributed by atoms with Crippen molar-refractivity contribution in [1.82, 2.24) is 0 Å². The molecule has 0 N–H and O–H groups in total. The summed E-state index contributed by atoms with van der Waals surface area (Å²) in [5, 5.41) is 0. The smallest absolute Gasteiger partial charge is 0.122 e. The number of hydrogen-bond donors (Lipinski definition) is 0. The summed E-state index contributed by atoms with van der Waals surface area (Å²) >= 11 is 0. The summed E-state index contributed by atoms with van der Waals surface area (Å²) in [6, 6.07) is 14.3. The van der Waals surface area contributed by atoms with E-state index in [0.29, 0.717) is 13.2 Å². The largest absolute Gasteiger partial charge is 0.494 e. The molecule has 0 aliphatic rings. The van der Waals surface area contributed by atoms with E-state index in [1.54, 1.807) is 0 Å². The molecule has 0 fully saturated rings. The third kappa shape index (κ3) is 3.75. The van der Waals surface area contributed by atoms with Gasteiger partial charge in [-0.05, 0) is 50.1 Å². The Morgan fingerprint density at radius 1 is 0.895 bits per heavy atom. The molecule has 2 rings (SSSR count). The Balaban J connectivity index is 1.99. The molecular formula is C17H20O2. The minimum atomic E-state index is 0.591. The van der Waals surface area contributed by atoms with Gasteiger partial charge in [0.15, 0.2) is 0 Å². The Bertz CT molecular complexity index is 529. The molecular weight excluding hydrogens is 236 g/mol. The SMILES string of the molecule is CCOc1ccc(OCc2ccc(C)cc2)cc1C. The van der Waals surface area contributed by atoms with Crippen LogP contribution in [0.1, 0.15) is 23.6 Å². The summed E-state index contributed by atoms with van der Waals surface area (Å²) in [4.78, 5) is 0. The van der Waals surface area contributed by atoms with Gasteiger partial charge < -0.3 is 9.47 Å². The van der Waals surface area contributed by atoms with Crippen molar-refractivity contribution in [2.75, 3.05) is 6.61 Å². The second-order valence-electron chi connectivity index (χ2n) is 4.63. The Labute approximate surface area is 115 Å². The highest BCUT2D eigenvalue weighted by molar-refractivity contribution is 5.39. The first-order chi connectivity index (χ1) is 9.19. The van der Waals surface area contributed by atoms with Crippen LogP contribution < -0.4 is 9.47 Å². The van der Waals surface area contributed by atoms with Gasteiger partial charge in [0.05, 0.1) is 6.61 Å². The molecule has 0 aliphatic heterocycles. The molecule has 0 saturated carbocycles. The van der Waals surface area contributed by atoms with Gasteiger partial charge in [0.1, 0.15) is 18.1 Å². The second-order valence-corrected chi connectivity index (χ2v) is 4.63. The first kappa shape index (κ1) is 13.5. The van der Waals surface area contributed by atoms with Crippen LogP contribution in [0.4, 0.5) is 0 Å². The molecule has 0 bridgehead atoms. The molecule has 0 aromatic heterocycles. The van der Waals surface area contributed by atoms with Crippen LogP contribution in [0.5, 0.6) is 11.5 Å². The minimum Gasteiger partial charge on any atom is -0.494 e. The van der Waals surface area contributed by atoms with Crippen LogP contribution in [0.15, 0.2) is 42.5 Å². The van der Waals surface area contributed by atoms with Crippen molar-refractivity contribution in [3.63, 3.8) is 0 Å². The first-order valence-corrected chi connectivity index (χ1v) is 6.61. The first-order valence-electron chi connectivity index (χ1n) is 6.61. The molecule has 0 heterocycles. The average molecular weight is 256 g/mol. The van der Waals surface area contributed by atoms with E-state index in [0.717, 1.165) is 17.1 Å². The molecule has 19 heavy (non-hydrogen) atoms. The van der Waals surface area contributed by atoms with E-state index >= 15 is 0 Å². The van der Waals surface area contributed by atoms with E-state index < -0.39 is 0 Å². The zero-order valence-corrected chi connectivity index (χ0v) is 11.8. The monoisotopic (exact) mass is 256 g/mol. The van der Waals surface area contributed by atoms with E-state index in [-0.39, 0.29) is 0 Å². The molecule has 2 aromatic rings. The zero-order valence-electron chi connectivity index (χ0n) is 11.8. The molecule has 0 unspecified atom stereocenters. The summed E-state index contributed by atoms with van der Waals surface area (Å²) < 4.78 is 11.3. The van der Waals surface area contributed by atoms with Crippen molar-refractivity contribution < 1.29 is 9.47 Å².